The van der Waals surface area contributed by atoms with Crippen LogP contribution in [-0.2, 0) is 11.3 Å². The minimum Gasteiger partial charge on any atom is -0.379 e. The normalized spacial score (nSPS) is 20.4. The molecule has 2 unspecified atom stereocenters. The maximum atomic E-state index is 13.7. The quantitative estimate of drug-likeness (QED) is 0.611. The second-order valence-electron chi connectivity index (χ2n) is 6.67. The number of rotatable bonds is 6. The molecular weight excluding hydrogens is 319 g/mol. The highest BCUT2D eigenvalue weighted by Crippen LogP contribution is 2.11. The van der Waals surface area contributed by atoms with Crippen molar-refractivity contribution in [3.05, 3.63) is 35.1 Å². The third kappa shape index (κ3) is 5.97. The SMILES string of the molecule is CCNC(=NCc1ccc(C)c(F)c1)NCC(C)N1CCOCC1C. The standard InChI is InChI=1S/C19H31FN4O/c1-5-21-19(23-12-17-7-6-14(2)18(20)10-17)22-11-15(3)24-8-9-25-13-16(24)4/h6-7,10,15-16H,5,8-9,11-13H2,1-4H3,(H2,21,22,23). The number of nitrogens with one attached hydrogen (secondary N) is 2. The Morgan fingerprint density at radius 2 is 2.24 bits per heavy atom. The van der Waals surface area contributed by atoms with E-state index in [0.29, 0.717) is 24.2 Å². The van der Waals surface area contributed by atoms with Gasteiger partial charge in [-0.25, -0.2) is 9.38 Å². The van der Waals surface area contributed by atoms with Crippen LogP contribution in [0, 0.1) is 12.7 Å². The van der Waals surface area contributed by atoms with E-state index in [9.17, 15) is 4.39 Å². The summed E-state index contributed by atoms with van der Waals surface area (Å²) in [6.07, 6.45) is 0. The molecule has 0 aromatic heterocycles. The average molecular weight is 350 g/mol. The minimum atomic E-state index is -0.180. The number of hydrogen-bond donors (Lipinski definition) is 2. The summed E-state index contributed by atoms with van der Waals surface area (Å²) in [4.78, 5) is 7.03. The highest BCUT2D eigenvalue weighted by Gasteiger charge is 2.23. The molecule has 1 aromatic carbocycles. The summed E-state index contributed by atoms with van der Waals surface area (Å²) in [6, 6.07) is 6.09. The maximum absolute atomic E-state index is 13.7. The summed E-state index contributed by atoms with van der Waals surface area (Å²) in [6.45, 7) is 12.8. The summed E-state index contributed by atoms with van der Waals surface area (Å²) in [7, 11) is 0. The smallest absolute Gasteiger partial charge is 0.191 e. The lowest BCUT2D eigenvalue weighted by atomic mass is 10.1. The maximum Gasteiger partial charge on any atom is 0.191 e. The van der Waals surface area contributed by atoms with Crippen LogP contribution in [0.2, 0.25) is 0 Å². The lowest BCUT2D eigenvalue weighted by Gasteiger charge is -2.38. The zero-order valence-electron chi connectivity index (χ0n) is 15.8. The molecule has 1 aliphatic heterocycles. The van der Waals surface area contributed by atoms with Gasteiger partial charge in [-0.3, -0.25) is 4.90 Å². The van der Waals surface area contributed by atoms with Crippen LogP contribution in [0.1, 0.15) is 31.9 Å². The Balaban J connectivity index is 1.91. The summed E-state index contributed by atoms with van der Waals surface area (Å²) in [5.74, 6) is 0.580. The number of guanidine groups is 1. The Labute approximate surface area is 150 Å². The molecule has 140 valence electrons. The van der Waals surface area contributed by atoms with Crippen LogP contribution in [0.5, 0.6) is 0 Å². The van der Waals surface area contributed by atoms with Crippen molar-refractivity contribution in [1.82, 2.24) is 15.5 Å². The predicted octanol–water partition coefficient (Wildman–Crippen LogP) is 2.30. The Bertz CT molecular complexity index is 579. The van der Waals surface area contributed by atoms with Gasteiger partial charge in [-0.15, -0.1) is 0 Å². The van der Waals surface area contributed by atoms with E-state index in [0.717, 1.165) is 44.4 Å². The van der Waals surface area contributed by atoms with Gasteiger partial charge in [0.1, 0.15) is 5.82 Å². The van der Waals surface area contributed by atoms with Gasteiger partial charge >= 0.3 is 0 Å². The molecule has 2 atom stereocenters. The molecule has 6 heteroatoms. The highest BCUT2D eigenvalue weighted by atomic mass is 19.1. The van der Waals surface area contributed by atoms with Gasteiger partial charge in [-0.2, -0.15) is 0 Å². The largest absolute Gasteiger partial charge is 0.379 e. The molecule has 0 aliphatic carbocycles. The van der Waals surface area contributed by atoms with E-state index >= 15 is 0 Å². The Hall–Kier alpha value is -1.66. The van der Waals surface area contributed by atoms with E-state index < -0.39 is 0 Å². The number of nitrogens with zero attached hydrogens (tertiary/aromatic N) is 2. The van der Waals surface area contributed by atoms with E-state index in [4.69, 9.17) is 4.74 Å². The summed E-state index contributed by atoms with van der Waals surface area (Å²) < 4.78 is 19.2. The predicted molar refractivity (Wildman–Crippen MR) is 100 cm³/mol. The molecule has 5 nitrogen and oxygen atoms in total. The fraction of sp³-hybridized carbons (Fsp3) is 0.632. The molecule has 1 aliphatic rings. The first kappa shape index (κ1) is 19.7. The lowest BCUT2D eigenvalue weighted by Crippen LogP contribution is -2.53. The van der Waals surface area contributed by atoms with E-state index in [1.807, 2.05) is 13.0 Å². The van der Waals surface area contributed by atoms with Crippen molar-refractivity contribution in [2.24, 2.45) is 4.99 Å². The number of hydrogen-bond acceptors (Lipinski definition) is 3. The minimum absolute atomic E-state index is 0.180. The van der Waals surface area contributed by atoms with E-state index in [2.05, 4.69) is 34.4 Å². The average Bonchev–Trinajstić information content (AvgIpc) is 2.60. The van der Waals surface area contributed by atoms with E-state index in [-0.39, 0.29) is 5.82 Å². The number of halogens is 1. The first-order chi connectivity index (χ1) is 12.0. The highest BCUT2D eigenvalue weighted by molar-refractivity contribution is 5.79. The van der Waals surface area contributed by atoms with Crippen LogP contribution < -0.4 is 10.6 Å². The molecule has 0 bridgehead atoms. The van der Waals surface area contributed by atoms with Crippen LogP contribution in [-0.4, -0.2) is 55.8 Å². The summed E-state index contributed by atoms with van der Waals surface area (Å²) in [5, 5.41) is 6.65. The van der Waals surface area contributed by atoms with E-state index in [1.165, 1.54) is 0 Å². The Kier molecular flexibility index (Phi) is 7.65. The van der Waals surface area contributed by atoms with Gasteiger partial charge in [0.2, 0.25) is 0 Å². The van der Waals surface area contributed by atoms with Gasteiger partial charge in [0.15, 0.2) is 5.96 Å². The molecular formula is C19H31FN4O. The van der Waals surface area contributed by atoms with Gasteiger partial charge < -0.3 is 15.4 Å². The Morgan fingerprint density at radius 3 is 2.92 bits per heavy atom. The van der Waals surface area contributed by atoms with Gasteiger partial charge in [-0.1, -0.05) is 12.1 Å². The zero-order valence-corrected chi connectivity index (χ0v) is 15.8. The fourth-order valence-corrected chi connectivity index (χ4v) is 3.00. The van der Waals surface area contributed by atoms with Crippen molar-refractivity contribution >= 4 is 5.96 Å². The van der Waals surface area contributed by atoms with E-state index in [1.54, 1.807) is 19.1 Å². The van der Waals surface area contributed by atoms with Crippen LogP contribution in [0.3, 0.4) is 0 Å². The second kappa shape index (κ2) is 9.73. The number of aryl methyl sites for hydroxylation is 1. The molecule has 2 N–H and O–H groups in total. The molecule has 0 spiro atoms. The zero-order chi connectivity index (χ0) is 18.2. The monoisotopic (exact) mass is 350 g/mol. The van der Waals surface area contributed by atoms with Crippen molar-refractivity contribution in [3.63, 3.8) is 0 Å². The first-order valence-electron chi connectivity index (χ1n) is 9.12. The molecule has 1 fully saturated rings. The van der Waals surface area contributed by atoms with Crippen molar-refractivity contribution < 1.29 is 9.13 Å². The molecule has 0 saturated carbocycles. The molecule has 1 saturated heterocycles. The summed E-state index contributed by atoms with van der Waals surface area (Å²) >= 11 is 0. The number of aliphatic imine (C=N–C) groups is 1. The third-order valence-corrected chi connectivity index (χ3v) is 4.55. The van der Waals surface area contributed by atoms with Crippen LogP contribution in [0.4, 0.5) is 4.39 Å². The second-order valence-corrected chi connectivity index (χ2v) is 6.67. The number of morpholine rings is 1. The molecule has 2 rings (SSSR count). The lowest BCUT2D eigenvalue weighted by molar-refractivity contribution is -0.0174. The van der Waals surface area contributed by atoms with Crippen LogP contribution in [0.15, 0.2) is 23.2 Å². The van der Waals surface area contributed by atoms with Crippen molar-refractivity contribution in [3.8, 4) is 0 Å². The van der Waals surface area contributed by atoms with Gasteiger partial charge in [0, 0.05) is 31.7 Å². The molecule has 0 radical (unpaired) electrons. The number of benzene rings is 1. The van der Waals surface area contributed by atoms with Gasteiger partial charge in [0.25, 0.3) is 0 Å². The van der Waals surface area contributed by atoms with Gasteiger partial charge in [0.05, 0.1) is 19.8 Å². The van der Waals surface area contributed by atoms with Gasteiger partial charge in [-0.05, 0) is 44.9 Å². The van der Waals surface area contributed by atoms with Crippen molar-refractivity contribution in [1.29, 1.82) is 0 Å². The van der Waals surface area contributed by atoms with Crippen molar-refractivity contribution in [2.45, 2.75) is 46.3 Å². The van der Waals surface area contributed by atoms with Crippen molar-refractivity contribution in [2.75, 3.05) is 32.8 Å². The molecule has 25 heavy (non-hydrogen) atoms. The first-order valence-corrected chi connectivity index (χ1v) is 9.12. The Morgan fingerprint density at radius 1 is 1.44 bits per heavy atom. The summed E-state index contributed by atoms with van der Waals surface area (Å²) in [5.41, 5.74) is 1.53. The molecule has 0 amide bonds. The van der Waals surface area contributed by atoms with Crippen LogP contribution >= 0.6 is 0 Å². The number of ether oxygens (including phenoxy) is 1. The molecule has 1 heterocycles. The fourth-order valence-electron chi connectivity index (χ4n) is 3.00. The third-order valence-electron chi connectivity index (χ3n) is 4.55. The topological polar surface area (TPSA) is 48.9 Å². The van der Waals surface area contributed by atoms with Crippen LogP contribution in [0.25, 0.3) is 0 Å². The molecule has 1 aromatic rings.